The van der Waals surface area contributed by atoms with Gasteiger partial charge < -0.3 is 4.74 Å². The van der Waals surface area contributed by atoms with E-state index in [1.54, 1.807) is 36.4 Å². The summed E-state index contributed by atoms with van der Waals surface area (Å²) in [6.45, 7) is 5.60. The quantitative estimate of drug-likeness (QED) is 0.211. The Bertz CT molecular complexity index is 1550. The minimum atomic E-state index is -4.02. The van der Waals surface area contributed by atoms with Gasteiger partial charge in [-0.05, 0) is 73.9 Å². The minimum absolute atomic E-state index is 0.105. The summed E-state index contributed by atoms with van der Waals surface area (Å²) in [6.07, 6.45) is 1.48. The molecule has 1 amide bonds. The fourth-order valence-electron chi connectivity index (χ4n) is 4.04. The molecule has 0 bridgehead atoms. The van der Waals surface area contributed by atoms with E-state index in [0.717, 1.165) is 26.6 Å². The summed E-state index contributed by atoms with van der Waals surface area (Å²) >= 11 is 0. The van der Waals surface area contributed by atoms with Crippen molar-refractivity contribution in [1.29, 1.82) is 0 Å². The van der Waals surface area contributed by atoms with Gasteiger partial charge in [0, 0.05) is 5.56 Å². The third-order valence-electron chi connectivity index (χ3n) is 5.94. The number of benzene rings is 4. The molecule has 4 aromatic rings. The van der Waals surface area contributed by atoms with E-state index in [9.17, 15) is 13.2 Å². The highest BCUT2D eigenvalue weighted by atomic mass is 32.2. The van der Waals surface area contributed by atoms with E-state index in [2.05, 4.69) is 10.5 Å². The fraction of sp³-hybridized carbons (Fsp3) is 0.161. The van der Waals surface area contributed by atoms with Crippen LogP contribution in [-0.2, 0) is 21.4 Å². The van der Waals surface area contributed by atoms with E-state index in [1.165, 1.54) is 6.21 Å². The average molecular weight is 542 g/mol. The van der Waals surface area contributed by atoms with Crippen molar-refractivity contribution in [2.24, 2.45) is 5.10 Å². The van der Waals surface area contributed by atoms with Gasteiger partial charge in [-0.2, -0.15) is 5.10 Å². The summed E-state index contributed by atoms with van der Waals surface area (Å²) in [5, 5.41) is 4.08. The van der Waals surface area contributed by atoms with Gasteiger partial charge in [-0.3, -0.25) is 9.10 Å². The third kappa shape index (κ3) is 7.33. The predicted octanol–water partition coefficient (Wildman–Crippen LogP) is 5.54. The highest BCUT2D eigenvalue weighted by Crippen LogP contribution is 2.26. The van der Waals surface area contributed by atoms with Crippen LogP contribution < -0.4 is 14.5 Å². The molecule has 0 aliphatic rings. The normalized spacial score (nSPS) is 11.4. The van der Waals surface area contributed by atoms with Gasteiger partial charge in [-0.25, -0.2) is 13.8 Å². The van der Waals surface area contributed by atoms with Gasteiger partial charge in [0.25, 0.3) is 15.9 Å². The fourth-order valence-corrected chi connectivity index (χ4v) is 5.45. The number of nitrogens with one attached hydrogen (secondary N) is 1. The van der Waals surface area contributed by atoms with Gasteiger partial charge in [0.1, 0.15) is 18.9 Å². The van der Waals surface area contributed by atoms with Crippen molar-refractivity contribution in [2.75, 3.05) is 10.8 Å². The number of carbonyl (C=O) groups excluding carboxylic acids is 1. The number of sulfonamides is 1. The van der Waals surface area contributed by atoms with Gasteiger partial charge in [0.05, 0.1) is 16.8 Å². The maximum absolute atomic E-state index is 13.6. The molecule has 39 heavy (non-hydrogen) atoms. The monoisotopic (exact) mass is 541 g/mol. The van der Waals surface area contributed by atoms with Crippen LogP contribution in [0.3, 0.4) is 0 Å². The van der Waals surface area contributed by atoms with Crippen molar-refractivity contribution in [1.82, 2.24) is 5.43 Å². The number of aryl methyl sites for hydroxylation is 3. The van der Waals surface area contributed by atoms with Crippen molar-refractivity contribution in [3.8, 4) is 5.75 Å². The summed E-state index contributed by atoms with van der Waals surface area (Å²) in [4.78, 5) is 13.1. The van der Waals surface area contributed by atoms with Crippen LogP contribution >= 0.6 is 0 Å². The zero-order chi connectivity index (χ0) is 27.8. The van der Waals surface area contributed by atoms with E-state index >= 15 is 0 Å². The number of ether oxygens (including phenoxy) is 1. The number of amides is 1. The minimum Gasteiger partial charge on any atom is -0.488 e. The Balaban J connectivity index is 1.51. The Labute approximate surface area is 229 Å². The number of para-hydroxylation sites is 1. The number of hydrogen-bond donors (Lipinski definition) is 1. The van der Waals surface area contributed by atoms with Crippen LogP contribution in [0.25, 0.3) is 0 Å². The van der Waals surface area contributed by atoms with Gasteiger partial charge in [-0.1, -0.05) is 66.2 Å². The van der Waals surface area contributed by atoms with E-state index < -0.39 is 22.5 Å². The molecule has 0 aliphatic carbocycles. The molecule has 0 atom stereocenters. The summed E-state index contributed by atoms with van der Waals surface area (Å²) in [7, 11) is -4.02. The highest BCUT2D eigenvalue weighted by Gasteiger charge is 2.27. The molecule has 8 heteroatoms. The summed E-state index contributed by atoms with van der Waals surface area (Å²) in [5.74, 6) is 0.0296. The molecule has 0 fully saturated rings. The second kappa shape index (κ2) is 12.4. The SMILES string of the molecule is Cc1ccc(S(=O)(=O)N(CC(=O)N/N=C\c2ccccc2OCc2ccccc2)c2cc(C)cc(C)c2)cc1. The Hall–Kier alpha value is -4.43. The lowest BCUT2D eigenvalue weighted by molar-refractivity contribution is -0.119. The number of rotatable bonds is 10. The van der Waals surface area contributed by atoms with E-state index in [-0.39, 0.29) is 4.90 Å². The third-order valence-corrected chi connectivity index (χ3v) is 7.73. The average Bonchev–Trinajstić information content (AvgIpc) is 2.91. The summed E-state index contributed by atoms with van der Waals surface area (Å²) in [6, 6.07) is 29.1. The lowest BCUT2D eigenvalue weighted by Crippen LogP contribution is -2.39. The van der Waals surface area contributed by atoms with E-state index in [4.69, 9.17) is 4.74 Å². The van der Waals surface area contributed by atoms with Crippen molar-refractivity contribution < 1.29 is 17.9 Å². The van der Waals surface area contributed by atoms with Crippen LogP contribution in [0.1, 0.15) is 27.8 Å². The summed E-state index contributed by atoms with van der Waals surface area (Å²) < 4.78 is 34.3. The lowest BCUT2D eigenvalue weighted by atomic mass is 10.1. The zero-order valence-corrected chi connectivity index (χ0v) is 23.0. The largest absolute Gasteiger partial charge is 0.488 e. The van der Waals surface area contributed by atoms with Crippen LogP contribution in [-0.4, -0.2) is 27.1 Å². The van der Waals surface area contributed by atoms with Gasteiger partial charge >= 0.3 is 0 Å². The van der Waals surface area contributed by atoms with E-state index in [0.29, 0.717) is 23.6 Å². The summed E-state index contributed by atoms with van der Waals surface area (Å²) in [5.41, 5.74) is 7.29. The van der Waals surface area contributed by atoms with Crippen LogP contribution in [0, 0.1) is 20.8 Å². The Kier molecular flexibility index (Phi) is 8.78. The molecule has 7 nitrogen and oxygen atoms in total. The molecule has 0 radical (unpaired) electrons. The number of carbonyl (C=O) groups is 1. The highest BCUT2D eigenvalue weighted by molar-refractivity contribution is 7.92. The lowest BCUT2D eigenvalue weighted by Gasteiger charge is -2.24. The van der Waals surface area contributed by atoms with Crippen LogP contribution in [0.5, 0.6) is 5.75 Å². The number of nitrogens with zero attached hydrogens (tertiary/aromatic N) is 2. The molecule has 0 saturated heterocycles. The first-order valence-corrected chi connectivity index (χ1v) is 13.9. The molecule has 0 aliphatic heterocycles. The first kappa shape index (κ1) is 27.6. The maximum Gasteiger partial charge on any atom is 0.264 e. The molecular formula is C31H31N3O4S. The van der Waals surface area contributed by atoms with Crippen LogP contribution in [0.2, 0.25) is 0 Å². The van der Waals surface area contributed by atoms with Gasteiger partial charge in [0.2, 0.25) is 0 Å². The van der Waals surface area contributed by atoms with Crippen LogP contribution in [0.15, 0.2) is 107 Å². The Morgan fingerprint density at radius 3 is 2.18 bits per heavy atom. The van der Waals surface area contributed by atoms with Crippen molar-refractivity contribution >= 4 is 27.8 Å². The Morgan fingerprint density at radius 1 is 0.846 bits per heavy atom. The molecule has 0 aromatic heterocycles. The molecule has 4 aromatic carbocycles. The predicted molar refractivity (Wildman–Crippen MR) is 155 cm³/mol. The Morgan fingerprint density at radius 2 is 1.49 bits per heavy atom. The van der Waals surface area contributed by atoms with Crippen molar-refractivity contribution in [2.45, 2.75) is 32.3 Å². The topological polar surface area (TPSA) is 88.1 Å². The van der Waals surface area contributed by atoms with Gasteiger partial charge in [-0.15, -0.1) is 0 Å². The number of anilines is 1. The molecule has 0 saturated carbocycles. The first-order chi connectivity index (χ1) is 18.7. The standard InChI is InChI=1S/C31H31N3O4S/c1-23-13-15-29(16-14-23)39(36,37)34(28-18-24(2)17-25(3)19-28)21-31(35)33-32-20-27-11-7-8-12-30(27)38-22-26-9-5-4-6-10-26/h4-20H,21-22H2,1-3H3,(H,33,35)/b32-20-. The molecule has 1 N–H and O–H groups in total. The molecule has 0 spiro atoms. The molecule has 0 heterocycles. The zero-order valence-electron chi connectivity index (χ0n) is 22.2. The second-order valence-corrected chi connectivity index (χ2v) is 11.1. The smallest absolute Gasteiger partial charge is 0.264 e. The second-order valence-electron chi connectivity index (χ2n) is 9.28. The van der Waals surface area contributed by atoms with Crippen LogP contribution in [0.4, 0.5) is 5.69 Å². The first-order valence-electron chi connectivity index (χ1n) is 12.5. The van der Waals surface area contributed by atoms with Crippen molar-refractivity contribution in [3.05, 3.63) is 125 Å². The molecule has 4 rings (SSSR count). The number of hydrazone groups is 1. The van der Waals surface area contributed by atoms with Gasteiger partial charge in [0.15, 0.2) is 0 Å². The molecule has 0 unspecified atom stereocenters. The van der Waals surface area contributed by atoms with Crippen molar-refractivity contribution in [3.63, 3.8) is 0 Å². The molecule has 200 valence electrons. The maximum atomic E-state index is 13.6. The van der Waals surface area contributed by atoms with E-state index in [1.807, 2.05) is 81.4 Å². The number of hydrogen-bond acceptors (Lipinski definition) is 5. The molecular weight excluding hydrogens is 510 g/mol.